The number of carboxylic acids is 1. The predicted octanol–water partition coefficient (Wildman–Crippen LogP) is 5.92. The molecule has 4 aromatic rings. The molecule has 1 aromatic heterocycles. The van der Waals surface area contributed by atoms with Gasteiger partial charge in [-0.1, -0.05) is 92.2 Å². The molecule has 38 heavy (non-hydrogen) atoms. The number of para-hydroxylation sites is 1. The number of carbonyl (C=O) groups is 3. The molecule has 1 amide bonds. The normalized spacial score (nSPS) is 12.4. The van der Waals surface area contributed by atoms with E-state index in [-0.39, 0.29) is 26.1 Å². The van der Waals surface area contributed by atoms with Crippen molar-refractivity contribution in [1.82, 2.24) is 9.88 Å². The average molecular weight is 515 g/mol. The van der Waals surface area contributed by atoms with Crippen LogP contribution in [-0.2, 0) is 33.9 Å². The summed E-state index contributed by atoms with van der Waals surface area (Å²) in [5.41, 5.74) is 1.19. The Kier molecular flexibility index (Phi) is 8.43. The second kappa shape index (κ2) is 12.1. The summed E-state index contributed by atoms with van der Waals surface area (Å²) in [6.45, 7) is 1.96. The Morgan fingerprint density at radius 2 is 1.42 bits per heavy atom. The molecule has 196 valence electrons. The minimum Gasteiger partial charge on any atom is -0.479 e. The zero-order chi connectivity index (χ0) is 27.0. The summed E-state index contributed by atoms with van der Waals surface area (Å²) in [7, 11) is 0. The zero-order valence-electron chi connectivity index (χ0n) is 21.1. The van der Waals surface area contributed by atoms with E-state index in [1.165, 1.54) is 4.57 Å². The summed E-state index contributed by atoms with van der Waals surface area (Å²) in [5.74, 6) is -1.18. The van der Waals surface area contributed by atoms with Crippen LogP contribution in [0.3, 0.4) is 0 Å². The third kappa shape index (κ3) is 6.21. The van der Waals surface area contributed by atoms with Gasteiger partial charge in [0.05, 0.1) is 5.52 Å². The van der Waals surface area contributed by atoms with E-state index < -0.39 is 23.7 Å². The number of hydrogen-bond acceptors (Lipinski definition) is 5. The van der Waals surface area contributed by atoms with Crippen LogP contribution in [0.5, 0.6) is 0 Å². The summed E-state index contributed by atoms with van der Waals surface area (Å²) in [4.78, 5) is 38.3. The first-order chi connectivity index (χ1) is 18.4. The van der Waals surface area contributed by atoms with Crippen molar-refractivity contribution in [2.45, 2.75) is 44.9 Å². The molecule has 0 radical (unpaired) electrons. The number of amides is 1. The van der Waals surface area contributed by atoms with Gasteiger partial charge in [-0.05, 0) is 29.2 Å². The Morgan fingerprint density at radius 1 is 0.842 bits per heavy atom. The van der Waals surface area contributed by atoms with Gasteiger partial charge in [0, 0.05) is 18.0 Å². The number of aliphatic carboxylic acids is 1. The molecule has 0 saturated carbocycles. The molecule has 8 nitrogen and oxygen atoms in total. The molecule has 0 aliphatic carbocycles. The third-order valence-electron chi connectivity index (χ3n) is 6.33. The number of rotatable bonds is 10. The maximum atomic E-state index is 13.0. The van der Waals surface area contributed by atoms with Gasteiger partial charge in [-0.25, -0.2) is 14.4 Å². The van der Waals surface area contributed by atoms with E-state index in [9.17, 15) is 19.5 Å². The smallest absolute Gasteiger partial charge is 0.418 e. The molecule has 0 fully saturated rings. The molecule has 8 heteroatoms. The minimum atomic E-state index is -1.63. The van der Waals surface area contributed by atoms with E-state index in [1.54, 1.807) is 18.3 Å². The Labute approximate surface area is 220 Å². The SMILES string of the molecule is CCC[C@](Cc1cn(C(=O)OCc2ccccc2)c2ccccc12)(NC(=O)OCc1ccccc1)C(=O)O. The number of carboxylic acid groups (broad SMARTS) is 1. The molecular weight excluding hydrogens is 484 g/mol. The lowest BCUT2D eigenvalue weighted by Gasteiger charge is -2.30. The van der Waals surface area contributed by atoms with Gasteiger partial charge in [0.2, 0.25) is 0 Å². The molecule has 0 aliphatic heterocycles. The van der Waals surface area contributed by atoms with Crippen LogP contribution in [0, 0.1) is 0 Å². The van der Waals surface area contributed by atoms with Crippen LogP contribution in [-0.4, -0.2) is 33.4 Å². The third-order valence-corrected chi connectivity index (χ3v) is 6.33. The van der Waals surface area contributed by atoms with Gasteiger partial charge in [0.25, 0.3) is 0 Å². The summed E-state index contributed by atoms with van der Waals surface area (Å²) in [5, 5.41) is 13.6. The Balaban J connectivity index is 1.58. The molecule has 0 saturated heterocycles. The van der Waals surface area contributed by atoms with Crippen LogP contribution >= 0.6 is 0 Å². The fourth-order valence-electron chi connectivity index (χ4n) is 4.47. The van der Waals surface area contributed by atoms with Crippen LogP contribution in [0.2, 0.25) is 0 Å². The molecular formula is C30H30N2O6. The Hall–Kier alpha value is -4.59. The topological polar surface area (TPSA) is 107 Å². The fourth-order valence-corrected chi connectivity index (χ4v) is 4.47. The standard InChI is InChI=1S/C30H30N2O6/c1-2-17-30(27(33)34,31-28(35)37-20-22-11-5-3-6-12-22)18-24-19-32(26-16-10-9-15-25(24)26)29(36)38-21-23-13-7-4-8-14-23/h3-16,19H,2,17-18,20-21H2,1H3,(H,31,35)(H,33,34)/t30-/m1/s1. The number of nitrogens with zero attached hydrogens (tertiary/aromatic N) is 1. The van der Waals surface area contributed by atoms with E-state index in [0.717, 1.165) is 11.1 Å². The van der Waals surface area contributed by atoms with E-state index in [0.29, 0.717) is 22.9 Å². The first-order valence-electron chi connectivity index (χ1n) is 12.4. The molecule has 0 spiro atoms. The molecule has 1 heterocycles. The number of carbonyl (C=O) groups excluding carboxylic acids is 2. The van der Waals surface area contributed by atoms with Crippen LogP contribution in [0.25, 0.3) is 10.9 Å². The average Bonchev–Trinajstić information content (AvgIpc) is 3.30. The quantitative estimate of drug-likeness (QED) is 0.272. The molecule has 4 rings (SSSR count). The van der Waals surface area contributed by atoms with Crippen LogP contribution in [0.1, 0.15) is 36.5 Å². The fraction of sp³-hybridized carbons (Fsp3) is 0.233. The minimum absolute atomic E-state index is 0.0149. The lowest BCUT2D eigenvalue weighted by Crippen LogP contribution is -2.56. The van der Waals surface area contributed by atoms with Crippen molar-refractivity contribution in [1.29, 1.82) is 0 Å². The van der Waals surface area contributed by atoms with Gasteiger partial charge >= 0.3 is 18.2 Å². The number of hydrogen-bond donors (Lipinski definition) is 2. The number of fused-ring (bicyclic) bond motifs is 1. The van der Waals surface area contributed by atoms with Crippen molar-refractivity contribution >= 4 is 29.1 Å². The van der Waals surface area contributed by atoms with Crippen LogP contribution in [0.4, 0.5) is 9.59 Å². The van der Waals surface area contributed by atoms with Crippen LogP contribution in [0.15, 0.2) is 91.1 Å². The van der Waals surface area contributed by atoms with Gasteiger partial charge in [-0.3, -0.25) is 4.57 Å². The molecule has 1 atom stereocenters. The Morgan fingerprint density at radius 3 is 2.03 bits per heavy atom. The van der Waals surface area contributed by atoms with Gasteiger partial charge in [-0.2, -0.15) is 0 Å². The van der Waals surface area contributed by atoms with E-state index >= 15 is 0 Å². The van der Waals surface area contributed by atoms with Gasteiger partial charge in [-0.15, -0.1) is 0 Å². The highest BCUT2D eigenvalue weighted by atomic mass is 16.6. The van der Waals surface area contributed by atoms with Crippen molar-refractivity contribution in [3.63, 3.8) is 0 Å². The summed E-state index contributed by atoms with van der Waals surface area (Å²) < 4.78 is 12.2. The lowest BCUT2D eigenvalue weighted by molar-refractivity contribution is -0.145. The van der Waals surface area contributed by atoms with E-state index in [4.69, 9.17) is 9.47 Å². The first kappa shape index (κ1) is 26.5. The maximum absolute atomic E-state index is 13.0. The molecule has 0 bridgehead atoms. The van der Waals surface area contributed by atoms with Crippen LogP contribution < -0.4 is 5.32 Å². The second-order valence-electron chi connectivity index (χ2n) is 9.08. The largest absolute Gasteiger partial charge is 0.479 e. The van der Waals surface area contributed by atoms with E-state index in [2.05, 4.69) is 5.32 Å². The summed E-state index contributed by atoms with van der Waals surface area (Å²) in [6, 6.07) is 25.7. The number of alkyl carbamates (subject to hydrolysis) is 1. The highest BCUT2D eigenvalue weighted by Crippen LogP contribution is 2.28. The van der Waals surface area contributed by atoms with Crippen molar-refractivity contribution in [2.24, 2.45) is 0 Å². The summed E-state index contributed by atoms with van der Waals surface area (Å²) in [6.07, 6.45) is 0.806. The zero-order valence-corrected chi connectivity index (χ0v) is 21.1. The molecule has 0 unspecified atom stereocenters. The second-order valence-corrected chi connectivity index (χ2v) is 9.08. The molecule has 3 aromatic carbocycles. The van der Waals surface area contributed by atoms with Crippen molar-refractivity contribution < 1.29 is 29.0 Å². The maximum Gasteiger partial charge on any atom is 0.418 e. The van der Waals surface area contributed by atoms with Crippen molar-refractivity contribution in [3.8, 4) is 0 Å². The predicted molar refractivity (Wildman–Crippen MR) is 143 cm³/mol. The highest BCUT2D eigenvalue weighted by Gasteiger charge is 2.41. The van der Waals surface area contributed by atoms with Gasteiger partial charge in [0.1, 0.15) is 18.8 Å². The number of ether oxygens (including phenoxy) is 2. The summed E-state index contributed by atoms with van der Waals surface area (Å²) >= 11 is 0. The van der Waals surface area contributed by atoms with Crippen molar-refractivity contribution in [3.05, 3.63) is 108 Å². The van der Waals surface area contributed by atoms with Gasteiger partial charge in [0.15, 0.2) is 0 Å². The van der Waals surface area contributed by atoms with E-state index in [1.807, 2.05) is 79.7 Å². The number of benzene rings is 3. The Bertz CT molecular complexity index is 1400. The number of aromatic nitrogens is 1. The van der Waals surface area contributed by atoms with Crippen molar-refractivity contribution in [2.75, 3.05) is 0 Å². The highest BCUT2D eigenvalue weighted by molar-refractivity contribution is 5.93. The molecule has 2 N–H and O–H groups in total. The monoisotopic (exact) mass is 514 g/mol. The molecule has 0 aliphatic rings. The first-order valence-corrected chi connectivity index (χ1v) is 12.4. The lowest BCUT2D eigenvalue weighted by atomic mass is 9.86. The number of nitrogens with one attached hydrogen (secondary N) is 1. The van der Waals surface area contributed by atoms with Gasteiger partial charge < -0.3 is 19.9 Å².